The Hall–Kier alpha value is -1.61. The number of esters is 1. The Labute approximate surface area is 127 Å². The first-order chi connectivity index (χ1) is 10.0. The zero-order valence-electron chi connectivity index (χ0n) is 12.3. The summed E-state index contributed by atoms with van der Waals surface area (Å²) < 4.78 is 9.87. The third-order valence-corrected chi connectivity index (χ3v) is 3.75. The molecule has 0 spiro atoms. The maximum Gasteiger partial charge on any atom is 0.328 e. The van der Waals surface area contributed by atoms with Crippen LogP contribution in [0.3, 0.4) is 0 Å². The zero-order valence-corrected chi connectivity index (χ0v) is 13.1. The third kappa shape index (κ3) is 5.35. The maximum atomic E-state index is 11.9. The Balaban J connectivity index is 2.51. The van der Waals surface area contributed by atoms with E-state index in [1.165, 1.54) is 7.11 Å². The van der Waals surface area contributed by atoms with Gasteiger partial charge < -0.3 is 20.2 Å². The average Bonchev–Trinajstić information content (AvgIpc) is 2.97. The normalized spacial score (nSPS) is 13.5. The van der Waals surface area contributed by atoms with Gasteiger partial charge in [0.25, 0.3) is 5.22 Å². The second kappa shape index (κ2) is 8.63. The molecule has 1 heterocycles. The van der Waals surface area contributed by atoms with Crippen molar-refractivity contribution in [2.45, 2.75) is 38.1 Å². The standard InChI is InChI=1S/C12H20N4O4S/c1-4-7(2)10(11(18)19-3)14-8(17)6-21-12-16-15-9(5-13)20-12/h7,10H,4-6,13H2,1-3H3,(H,14,17). The molecule has 21 heavy (non-hydrogen) atoms. The first-order valence-corrected chi connectivity index (χ1v) is 7.52. The minimum absolute atomic E-state index is 0.0151. The predicted molar refractivity (Wildman–Crippen MR) is 76.3 cm³/mol. The van der Waals surface area contributed by atoms with Gasteiger partial charge in [0.15, 0.2) is 0 Å². The number of methoxy groups -OCH3 is 1. The molecule has 0 bridgehead atoms. The molecule has 3 N–H and O–H groups in total. The van der Waals surface area contributed by atoms with Gasteiger partial charge >= 0.3 is 5.97 Å². The molecule has 0 fully saturated rings. The molecule has 118 valence electrons. The number of carbonyl (C=O) groups is 2. The van der Waals surface area contributed by atoms with Gasteiger partial charge in [0.2, 0.25) is 11.8 Å². The van der Waals surface area contributed by atoms with E-state index in [1.807, 2.05) is 13.8 Å². The van der Waals surface area contributed by atoms with Gasteiger partial charge in [-0.3, -0.25) is 4.79 Å². The third-order valence-electron chi connectivity index (χ3n) is 2.93. The van der Waals surface area contributed by atoms with Crippen LogP contribution in [0.25, 0.3) is 0 Å². The van der Waals surface area contributed by atoms with E-state index in [-0.39, 0.29) is 29.3 Å². The monoisotopic (exact) mass is 316 g/mol. The van der Waals surface area contributed by atoms with E-state index in [9.17, 15) is 9.59 Å². The lowest BCUT2D eigenvalue weighted by atomic mass is 9.99. The Bertz CT molecular complexity index is 480. The van der Waals surface area contributed by atoms with Crippen molar-refractivity contribution in [3.05, 3.63) is 5.89 Å². The van der Waals surface area contributed by atoms with Gasteiger partial charge in [-0.15, -0.1) is 10.2 Å². The number of hydrogen-bond acceptors (Lipinski definition) is 8. The summed E-state index contributed by atoms with van der Waals surface area (Å²) in [6, 6.07) is -0.657. The van der Waals surface area contributed by atoms with E-state index in [0.717, 1.165) is 18.2 Å². The second-order valence-corrected chi connectivity index (χ2v) is 5.33. The van der Waals surface area contributed by atoms with Crippen LogP contribution in [0.5, 0.6) is 0 Å². The molecule has 2 atom stereocenters. The molecule has 8 nitrogen and oxygen atoms in total. The van der Waals surface area contributed by atoms with E-state index in [0.29, 0.717) is 5.89 Å². The summed E-state index contributed by atoms with van der Waals surface area (Å²) in [5.74, 6) is -0.395. The summed E-state index contributed by atoms with van der Waals surface area (Å²) >= 11 is 1.09. The lowest BCUT2D eigenvalue weighted by Gasteiger charge is -2.21. The second-order valence-electron chi connectivity index (χ2n) is 4.41. The molecular weight excluding hydrogens is 296 g/mol. The number of nitrogens with one attached hydrogen (secondary N) is 1. The summed E-state index contributed by atoms with van der Waals surface area (Å²) in [6.07, 6.45) is 0.747. The quantitative estimate of drug-likeness (QED) is 0.520. The summed E-state index contributed by atoms with van der Waals surface area (Å²) in [5, 5.41) is 10.4. The summed E-state index contributed by atoms with van der Waals surface area (Å²) in [4.78, 5) is 23.6. The van der Waals surface area contributed by atoms with Crippen molar-refractivity contribution in [3.63, 3.8) is 0 Å². The lowest BCUT2D eigenvalue weighted by Crippen LogP contribution is -2.46. The number of aromatic nitrogens is 2. The van der Waals surface area contributed by atoms with Gasteiger partial charge in [-0.2, -0.15) is 0 Å². The number of nitrogens with two attached hydrogens (primary N) is 1. The molecule has 1 rings (SSSR count). The number of hydrogen-bond donors (Lipinski definition) is 2. The van der Waals surface area contributed by atoms with E-state index >= 15 is 0 Å². The molecule has 1 aromatic rings. The smallest absolute Gasteiger partial charge is 0.328 e. The van der Waals surface area contributed by atoms with E-state index in [1.54, 1.807) is 0 Å². The van der Waals surface area contributed by atoms with Gasteiger partial charge in [0, 0.05) is 0 Å². The van der Waals surface area contributed by atoms with Crippen LogP contribution in [0.15, 0.2) is 9.64 Å². The zero-order chi connectivity index (χ0) is 15.8. The van der Waals surface area contributed by atoms with Crippen LogP contribution in [0.4, 0.5) is 0 Å². The van der Waals surface area contributed by atoms with Crippen LogP contribution in [0, 0.1) is 5.92 Å². The van der Waals surface area contributed by atoms with E-state index in [4.69, 9.17) is 14.9 Å². The molecule has 0 saturated carbocycles. The first kappa shape index (κ1) is 17.4. The van der Waals surface area contributed by atoms with Crippen molar-refractivity contribution < 1.29 is 18.7 Å². The van der Waals surface area contributed by atoms with Crippen molar-refractivity contribution in [1.82, 2.24) is 15.5 Å². The molecule has 0 saturated heterocycles. The Kier molecular flexibility index (Phi) is 7.17. The van der Waals surface area contributed by atoms with E-state index in [2.05, 4.69) is 15.5 Å². The summed E-state index contributed by atoms with van der Waals surface area (Å²) in [7, 11) is 1.30. The Morgan fingerprint density at radius 3 is 2.71 bits per heavy atom. The first-order valence-electron chi connectivity index (χ1n) is 6.54. The molecule has 0 aliphatic rings. The molecule has 1 amide bonds. The SMILES string of the molecule is CCC(C)C(NC(=O)CSc1nnc(CN)o1)C(=O)OC. The van der Waals surface area contributed by atoms with Gasteiger partial charge in [0.05, 0.1) is 19.4 Å². The van der Waals surface area contributed by atoms with Crippen molar-refractivity contribution in [2.75, 3.05) is 12.9 Å². The number of thioether (sulfide) groups is 1. The summed E-state index contributed by atoms with van der Waals surface area (Å²) in [5.41, 5.74) is 5.35. The molecule has 1 aromatic heterocycles. The van der Waals surface area contributed by atoms with Crippen LogP contribution >= 0.6 is 11.8 Å². The highest BCUT2D eigenvalue weighted by molar-refractivity contribution is 7.99. The number of carbonyl (C=O) groups excluding carboxylic acids is 2. The fraction of sp³-hybridized carbons (Fsp3) is 0.667. The minimum atomic E-state index is -0.657. The van der Waals surface area contributed by atoms with Crippen molar-refractivity contribution in [1.29, 1.82) is 0 Å². The van der Waals surface area contributed by atoms with Crippen LogP contribution < -0.4 is 11.1 Å². The van der Waals surface area contributed by atoms with Gasteiger partial charge in [0.1, 0.15) is 6.04 Å². The molecule has 0 aliphatic heterocycles. The van der Waals surface area contributed by atoms with Crippen molar-refractivity contribution in [2.24, 2.45) is 11.7 Å². The molecule has 0 aromatic carbocycles. The number of rotatable bonds is 8. The highest BCUT2D eigenvalue weighted by Gasteiger charge is 2.26. The average molecular weight is 316 g/mol. The van der Waals surface area contributed by atoms with Gasteiger partial charge in [-0.25, -0.2) is 4.79 Å². The topological polar surface area (TPSA) is 120 Å². The predicted octanol–water partition coefficient (Wildman–Crippen LogP) is 0.324. The van der Waals surface area contributed by atoms with Crippen molar-refractivity contribution in [3.8, 4) is 0 Å². The van der Waals surface area contributed by atoms with Crippen LogP contribution in [0.2, 0.25) is 0 Å². The Morgan fingerprint density at radius 1 is 1.48 bits per heavy atom. The Morgan fingerprint density at radius 2 is 2.19 bits per heavy atom. The lowest BCUT2D eigenvalue weighted by molar-refractivity contribution is -0.146. The van der Waals surface area contributed by atoms with Crippen LogP contribution in [0.1, 0.15) is 26.2 Å². The molecule has 9 heteroatoms. The van der Waals surface area contributed by atoms with E-state index < -0.39 is 12.0 Å². The van der Waals surface area contributed by atoms with Crippen LogP contribution in [-0.4, -0.2) is 41.0 Å². The number of amides is 1. The van der Waals surface area contributed by atoms with Gasteiger partial charge in [-0.1, -0.05) is 32.0 Å². The number of ether oxygens (including phenoxy) is 1. The number of nitrogens with zero attached hydrogens (tertiary/aromatic N) is 2. The van der Waals surface area contributed by atoms with Gasteiger partial charge in [-0.05, 0) is 5.92 Å². The highest BCUT2D eigenvalue weighted by Crippen LogP contribution is 2.16. The van der Waals surface area contributed by atoms with Crippen molar-refractivity contribution >= 4 is 23.6 Å². The molecule has 0 radical (unpaired) electrons. The minimum Gasteiger partial charge on any atom is -0.467 e. The highest BCUT2D eigenvalue weighted by atomic mass is 32.2. The van der Waals surface area contributed by atoms with Crippen LogP contribution in [-0.2, 0) is 20.9 Å². The fourth-order valence-electron chi connectivity index (χ4n) is 1.52. The molecule has 2 unspecified atom stereocenters. The fourth-order valence-corrected chi connectivity index (χ4v) is 2.11. The largest absolute Gasteiger partial charge is 0.467 e. The maximum absolute atomic E-state index is 11.9. The molecular formula is C12H20N4O4S. The molecule has 0 aliphatic carbocycles. The summed E-state index contributed by atoms with van der Waals surface area (Å²) in [6.45, 7) is 3.97.